The summed E-state index contributed by atoms with van der Waals surface area (Å²) in [6.45, 7) is 0.199. The summed E-state index contributed by atoms with van der Waals surface area (Å²) in [5, 5.41) is 8.93. The lowest BCUT2D eigenvalue weighted by Gasteiger charge is -2.05. The summed E-state index contributed by atoms with van der Waals surface area (Å²) in [4.78, 5) is 17.5. The molecule has 0 saturated heterocycles. The SMILES string of the molecule is N#CCc1nc2ccccc2n1CC(=O)c1ccc(Br)s1. The Kier molecular flexibility index (Phi) is 3.86. The van der Waals surface area contributed by atoms with Crippen molar-refractivity contribution >= 4 is 44.1 Å². The standard InChI is InChI=1S/C15H10BrN3OS/c16-14-6-5-13(21-14)12(20)9-19-11-4-2-1-3-10(11)18-15(19)7-8-17/h1-6H,7,9H2. The highest BCUT2D eigenvalue weighted by Crippen LogP contribution is 2.24. The molecule has 0 N–H and O–H groups in total. The van der Waals surface area contributed by atoms with Crippen molar-refractivity contribution in [2.45, 2.75) is 13.0 Å². The monoisotopic (exact) mass is 359 g/mol. The van der Waals surface area contributed by atoms with Gasteiger partial charge in [-0.1, -0.05) is 12.1 Å². The summed E-state index contributed by atoms with van der Waals surface area (Å²) in [6, 6.07) is 13.4. The fraction of sp³-hybridized carbons (Fsp3) is 0.133. The number of imidazole rings is 1. The molecule has 6 heteroatoms. The van der Waals surface area contributed by atoms with Crippen LogP contribution in [0.15, 0.2) is 40.2 Å². The number of aromatic nitrogens is 2. The highest BCUT2D eigenvalue weighted by molar-refractivity contribution is 9.11. The predicted octanol–water partition coefficient (Wildman–Crippen LogP) is 3.81. The normalized spacial score (nSPS) is 10.7. The van der Waals surface area contributed by atoms with Gasteiger partial charge >= 0.3 is 0 Å². The highest BCUT2D eigenvalue weighted by Gasteiger charge is 2.15. The first-order valence-corrected chi connectivity index (χ1v) is 7.89. The van der Waals surface area contributed by atoms with Gasteiger partial charge in [-0.2, -0.15) is 5.26 Å². The van der Waals surface area contributed by atoms with Crippen molar-refractivity contribution in [3.8, 4) is 6.07 Å². The summed E-state index contributed by atoms with van der Waals surface area (Å²) in [5.74, 6) is 0.649. The minimum Gasteiger partial charge on any atom is -0.319 e. The Morgan fingerprint density at radius 1 is 1.33 bits per heavy atom. The fourth-order valence-electron chi connectivity index (χ4n) is 2.19. The van der Waals surface area contributed by atoms with Crippen LogP contribution < -0.4 is 0 Å². The maximum Gasteiger partial charge on any atom is 0.192 e. The Morgan fingerprint density at radius 3 is 2.86 bits per heavy atom. The molecular weight excluding hydrogens is 350 g/mol. The van der Waals surface area contributed by atoms with E-state index in [1.165, 1.54) is 11.3 Å². The second kappa shape index (κ2) is 5.80. The first-order valence-electron chi connectivity index (χ1n) is 6.28. The lowest BCUT2D eigenvalue weighted by atomic mass is 10.3. The van der Waals surface area contributed by atoms with E-state index in [0.29, 0.717) is 10.7 Å². The van der Waals surface area contributed by atoms with E-state index in [2.05, 4.69) is 27.0 Å². The molecule has 3 rings (SSSR count). The van der Waals surface area contributed by atoms with Crippen LogP contribution in [0.2, 0.25) is 0 Å². The largest absolute Gasteiger partial charge is 0.319 e. The first-order chi connectivity index (χ1) is 10.2. The van der Waals surface area contributed by atoms with Gasteiger partial charge in [-0.15, -0.1) is 11.3 Å². The van der Waals surface area contributed by atoms with Gasteiger partial charge in [0, 0.05) is 0 Å². The molecular formula is C15H10BrN3OS. The second-order valence-corrected chi connectivity index (χ2v) is 6.93. The fourth-order valence-corrected chi connectivity index (χ4v) is 3.51. The number of fused-ring (bicyclic) bond motifs is 1. The molecule has 21 heavy (non-hydrogen) atoms. The molecule has 0 amide bonds. The molecule has 1 aromatic carbocycles. The minimum absolute atomic E-state index is 0.0213. The van der Waals surface area contributed by atoms with Crippen molar-refractivity contribution < 1.29 is 4.79 Å². The third-order valence-electron chi connectivity index (χ3n) is 3.12. The van der Waals surface area contributed by atoms with Crippen molar-refractivity contribution in [3.63, 3.8) is 0 Å². The highest BCUT2D eigenvalue weighted by atomic mass is 79.9. The van der Waals surface area contributed by atoms with Crippen LogP contribution in [0, 0.1) is 11.3 Å². The van der Waals surface area contributed by atoms with Gasteiger partial charge in [-0.05, 0) is 40.2 Å². The number of ketones is 1. The number of para-hydroxylation sites is 2. The summed E-state index contributed by atoms with van der Waals surface area (Å²) >= 11 is 4.77. The summed E-state index contributed by atoms with van der Waals surface area (Å²) in [7, 11) is 0. The van der Waals surface area contributed by atoms with Crippen LogP contribution in [0.3, 0.4) is 0 Å². The zero-order valence-corrected chi connectivity index (χ0v) is 13.3. The molecule has 2 aromatic heterocycles. The van der Waals surface area contributed by atoms with E-state index in [9.17, 15) is 4.79 Å². The molecule has 0 radical (unpaired) electrons. The Hall–Kier alpha value is -1.97. The first kappa shape index (κ1) is 14.0. The van der Waals surface area contributed by atoms with Crippen molar-refractivity contribution in [1.29, 1.82) is 5.26 Å². The number of carbonyl (C=O) groups excluding carboxylic acids is 1. The lowest BCUT2D eigenvalue weighted by Crippen LogP contribution is -2.12. The molecule has 4 nitrogen and oxygen atoms in total. The van der Waals surface area contributed by atoms with E-state index in [-0.39, 0.29) is 18.7 Å². The average molecular weight is 360 g/mol. The number of nitrogens with zero attached hydrogens (tertiary/aromatic N) is 3. The number of hydrogen-bond acceptors (Lipinski definition) is 4. The molecule has 0 aliphatic heterocycles. The molecule has 0 aliphatic rings. The smallest absolute Gasteiger partial charge is 0.192 e. The zero-order valence-electron chi connectivity index (χ0n) is 10.9. The van der Waals surface area contributed by atoms with Gasteiger partial charge in [0.25, 0.3) is 0 Å². The molecule has 0 unspecified atom stereocenters. The van der Waals surface area contributed by atoms with E-state index in [1.54, 1.807) is 6.07 Å². The number of carbonyl (C=O) groups is 1. The van der Waals surface area contributed by atoms with Crippen LogP contribution >= 0.6 is 27.3 Å². The number of Topliss-reactive ketones (excluding diaryl/α,β-unsaturated/α-hetero) is 1. The molecule has 3 aromatic rings. The van der Waals surface area contributed by atoms with Crippen LogP contribution in [0.1, 0.15) is 15.5 Å². The maximum absolute atomic E-state index is 12.4. The number of thiophene rings is 1. The summed E-state index contributed by atoms with van der Waals surface area (Å²) in [5.41, 5.74) is 1.69. The van der Waals surface area contributed by atoms with Gasteiger partial charge < -0.3 is 4.57 Å². The average Bonchev–Trinajstić information content (AvgIpc) is 3.05. The van der Waals surface area contributed by atoms with Crippen LogP contribution in [-0.4, -0.2) is 15.3 Å². The topological polar surface area (TPSA) is 58.7 Å². The van der Waals surface area contributed by atoms with Crippen molar-refractivity contribution in [3.05, 3.63) is 50.9 Å². The second-order valence-electron chi connectivity index (χ2n) is 4.46. The number of nitriles is 1. The van der Waals surface area contributed by atoms with Gasteiger partial charge in [-0.3, -0.25) is 4.79 Å². The van der Waals surface area contributed by atoms with E-state index in [1.807, 2.05) is 34.9 Å². The molecule has 0 bridgehead atoms. The molecule has 0 saturated carbocycles. The van der Waals surface area contributed by atoms with Crippen molar-refractivity contribution in [2.24, 2.45) is 0 Å². The van der Waals surface area contributed by atoms with Crippen LogP contribution in [0.25, 0.3) is 11.0 Å². The van der Waals surface area contributed by atoms with Gasteiger partial charge in [0.1, 0.15) is 5.82 Å². The minimum atomic E-state index is 0.0213. The Balaban J connectivity index is 2.01. The van der Waals surface area contributed by atoms with Crippen LogP contribution in [0.4, 0.5) is 0 Å². The van der Waals surface area contributed by atoms with E-state index < -0.39 is 0 Å². The Labute approximate surface area is 133 Å². The summed E-state index contributed by atoms with van der Waals surface area (Å²) < 4.78 is 2.76. The molecule has 0 fully saturated rings. The number of benzene rings is 1. The van der Waals surface area contributed by atoms with Gasteiger partial charge in [-0.25, -0.2) is 4.98 Å². The van der Waals surface area contributed by atoms with Crippen LogP contribution in [0.5, 0.6) is 0 Å². The van der Waals surface area contributed by atoms with E-state index in [0.717, 1.165) is 14.8 Å². The molecule has 0 aliphatic carbocycles. The third-order valence-corrected chi connectivity index (χ3v) is 4.79. The van der Waals surface area contributed by atoms with Crippen molar-refractivity contribution in [1.82, 2.24) is 9.55 Å². The van der Waals surface area contributed by atoms with Gasteiger partial charge in [0.05, 0.1) is 38.7 Å². The van der Waals surface area contributed by atoms with Crippen molar-refractivity contribution in [2.75, 3.05) is 0 Å². The number of halogens is 1. The summed E-state index contributed by atoms with van der Waals surface area (Å²) in [6.07, 6.45) is 0.191. The molecule has 104 valence electrons. The van der Waals surface area contributed by atoms with Gasteiger partial charge in [0.15, 0.2) is 5.78 Å². The Bertz CT molecular complexity index is 859. The maximum atomic E-state index is 12.4. The molecule has 0 atom stereocenters. The zero-order chi connectivity index (χ0) is 14.8. The van der Waals surface area contributed by atoms with Gasteiger partial charge in [0.2, 0.25) is 0 Å². The lowest BCUT2D eigenvalue weighted by molar-refractivity contribution is 0.0976. The number of rotatable bonds is 4. The molecule has 0 spiro atoms. The molecule has 2 heterocycles. The third kappa shape index (κ3) is 2.75. The predicted molar refractivity (Wildman–Crippen MR) is 85.4 cm³/mol. The van der Waals surface area contributed by atoms with E-state index >= 15 is 0 Å². The van der Waals surface area contributed by atoms with E-state index in [4.69, 9.17) is 5.26 Å². The number of hydrogen-bond donors (Lipinski definition) is 0. The quantitative estimate of drug-likeness (QED) is 0.665. The Morgan fingerprint density at radius 2 is 2.14 bits per heavy atom. The van der Waals surface area contributed by atoms with Crippen LogP contribution in [-0.2, 0) is 13.0 Å².